The lowest BCUT2D eigenvalue weighted by atomic mass is 10.8. The Balaban J connectivity index is 3.13. The fraction of sp³-hybridized carbons (Fsp3) is 1.00. The second-order valence-electron chi connectivity index (χ2n) is 0.906. The summed E-state index contributed by atoms with van der Waals surface area (Å²) in [6.07, 6.45) is 0. The number of alkyl halides is 2. The fourth-order valence-electron chi connectivity index (χ4n) is 0.113. The highest BCUT2D eigenvalue weighted by molar-refractivity contribution is 6.19. The molecule has 0 bridgehead atoms. The average Bonchev–Trinajstić information content (AvgIpc) is 1.27. The molecule has 42 valence electrons. The Morgan fingerprint density at radius 3 is 2.43 bits per heavy atom. The van der Waals surface area contributed by atoms with Crippen molar-refractivity contribution in [3.8, 4) is 0 Å². The van der Waals surface area contributed by atoms with Crippen molar-refractivity contribution in [2.24, 2.45) is 0 Å². The average molecular weight is 128 g/mol. The van der Waals surface area contributed by atoms with Gasteiger partial charge in [0, 0.05) is 4.92 Å². The van der Waals surface area contributed by atoms with E-state index in [1.165, 1.54) is 0 Å². The summed E-state index contributed by atoms with van der Waals surface area (Å²) in [5, 5.41) is 9.29. The lowest BCUT2D eigenvalue weighted by molar-refractivity contribution is -0.483. The van der Waals surface area contributed by atoms with E-state index in [0.717, 1.165) is 0 Å². The zero-order chi connectivity index (χ0) is 5.86. The van der Waals surface area contributed by atoms with Crippen LogP contribution >= 0.6 is 11.6 Å². The van der Waals surface area contributed by atoms with Gasteiger partial charge in [-0.25, -0.2) is 4.39 Å². The van der Waals surface area contributed by atoms with Crippen LogP contribution in [0.25, 0.3) is 0 Å². The van der Waals surface area contributed by atoms with Crippen LogP contribution < -0.4 is 0 Å². The molecule has 7 heavy (non-hydrogen) atoms. The Bertz CT molecular complexity index is 76.1. The first kappa shape index (κ1) is 6.62. The molecule has 3 nitrogen and oxygen atoms in total. The summed E-state index contributed by atoms with van der Waals surface area (Å²) in [6.45, 7) is -0.818. The highest BCUT2D eigenvalue weighted by Crippen LogP contribution is 1.94. The molecule has 0 aromatic carbocycles. The number of rotatable bonds is 2. The minimum Gasteiger partial charge on any atom is -0.264 e. The van der Waals surface area contributed by atoms with Crippen LogP contribution in [-0.4, -0.2) is 17.1 Å². The maximum Gasteiger partial charge on any atom is 0.248 e. The number of hydrogen-bond acceptors (Lipinski definition) is 2. The molecule has 0 fully saturated rings. The summed E-state index contributed by atoms with van der Waals surface area (Å²) in [5.41, 5.74) is -1.85. The van der Waals surface area contributed by atoms with Gasteiger partial charge in [-0.05, 0) is 0 Å². The number of halogens is 2. The van der Waals surface area contributed by atoms with E-state index in [0.29, 0.717) is 0 Å². The third-order valence-electron chi connectivity index (χ3n) is 0.287. The van der Waals surface area contributed by atoms with Gasteiger partial charge in [0.05, 0.1) is 0 Å². The van der Waals surface area contributed by atoms with E-state index in [1.54, 1.807) is 0 Å². The van der Waals surface area contributed by atoms with E-state index in [4.69, 9.17) is 0 Å². The minimum absolute atomic E-state index is 0.808. The second-order valence-corrected chi connectivity index (χ2v) is 1.38. The summed E-state index contributed by atoms with van der Waals surface area (Å²) in [7, 11) is 0. The molecule has 0 radical (unpaired) electrons. The van der Waals surface area contributed by atoms with Crippen molar-refractivity contribution in [1.29, 1.82) is 0 Å². The van der Waals surface area contributed by atoms with Gasteiger partial charge in [0.2, 0.25) is 12.2 Å². The van der Waals surface area contributed by atoms with Gasteiger partial charge in [-0.2, -0.15) is 0 Å². The molecule has 0 amide bonds. The maximum absolute atomic E-state index is 11.3. The van der Waals surface area contributed by atoms with Crippen molar-refractivity contribution in [2.45, 2.75) is 5.63 Å². The maximum atomic E-state index is 11.3. The smallest absolute Gasteiger partial charge is 0.248 e. The van der Waals surface area contributed by atoms with Crippen molar-refractivity contribution in [1.82, 2.24) is 0 Å². The Morgan fingerprint density at radius 1 is 2.00 bits per heavy atom. The molecule has 0 aromatic rings. The van der Waals surface area contributed by atoms with Gasteiger partial charge >= 0.3 is 0 Å². The van der Waals surface area contributed by atoms with Gasteiger partial charge < -0.3 is 0 Å². The van der Waals surface area contributed by atoms with Gasteiger partial charge in [0.15, 0.2) is 0 Å². The summed E-state index contributed by atoms with van der Waals surface area (Å²) in [4.78, 5) is 8.48. The van der Waals surface area contributed by atoms with Gasteiger partial charge in [-0.1, -0.05) is 11.6 Å². The second kappa shape index (κ2) is 2.74. The first-order chi connectivity index (χ1) is 3.13. The fourth-order valence-corrected chi connectivity index (χ4v) is 0.225. The third kappa shape index (κ3) is 5.62. The standard InChI is InChI=1S/C2H3ClFNO2/c3-2(4)1-5(6)7/h2H,1H2. The molecule has 0 saturated heterocycles. The van der Waals surface area contributed by atoms with Gasteiger partial charge in [-0.15, -0.1) is 0 Å². The van der Waals surface area contributed by atoms with Crippen LogP contribution in [0.4, 0.5) is 4.39 Å². The minimum atomic E-state index is -1.85. The first-order valence-corrected chi connectivity index (χ1v) is 1.96. The van der Waals surface area contributed by atoms with E-state index in [-0.39, 0.29) is 0 Å². The van der Waals surface area contributed by atoms with E-state index < -0.39 is 17.1 Å². The number of nitrogens with zero attached hydrogens (tertiary/aromatic N) is 1. The van der Waals surface area contributed by atoms with Crippen LogP contribution in [0, 0.1) is 10.1 Å². The van der Waals surface area contributed by atoms with Crippen LogP contribution in [0.1, 0.15) is 0 Å². The molecule has 0 aliphatic rings. The molecule has 1 atom stereocenters. The zero-order valence-corrected chi connectivity index (χ0v) is 4.06. The lowest BCUT2D eigenvalue weighted by Crippen LogP contribution is -2.08. The molecule has 0 N–H and O–H groups in total. The van der Waals surface area contributed by atoms with E-state index in [9.17, 15) is 14.5 Å². The largest absolute Gasteiger partial charge is 0.264 e. The molecule has 1 unspecified atom stereocenters. The Morgan fingerprint density at radius 2 is 2.43 bits per heavy atom. The topological polar surface area (TPSA) is 43.1 Å². The monoisotopic (exact) mass is 127 g/mol. The lowest BCUT2D eigenvalue weighted by Gasteiger charge is -1.87. The SMILES string of the molecule is O=[N+]([O-])CC(F)Cl. The molecular formula is C2H3ClFNO2. The number of hydrogen-bond donors (Lipinski definition) is 0. The Labute approximate surface area is 44.2 Å². The van der Waals surface area contributed by atoms with Gasteiger partial charge in [0.1, 0.15) is 0 Å². The molecule has 0 aliphatic heterocycles. The molecule has 0 aliphatic carbocycles. The third-order valence-corrected chi connectivity index (χ3v) is 0.425. The van der Waals surface area contributed by atoms with Crippen LogP contribution in [0.15, 0.2) is 0 Å². The predicted octanol–water partition coefficient (Wildman–Crippen LogP) is 0.797. The first-order valence-electron chi connectivity index (χ1n) is 1.53. The molecule has 0 spiro atoms. The van der Waals surface area contributed by atoms with E-state index in [2.05, 4.69) is 11.6 Å². The van der Waals surface area contributed by atoms with Gasteiger partial charge in [0.25, 0.3) is 0 Å². The Kier molecular flexibility index (Phi) is 2.59. The normalized spacial score (nSPS) is 13.4. The van der Waals surface area contributed by atoms with Crippen molar-refractivity contribution >= 4 is 11.6 Å². The zero-order valence-electron chi connectivity index (χ0n) is 3.30. The molecule has 0 aromatic heterocycles. The molecular weight excluding hydrogens is 124 g/mol. The van der Waals surface area contributed by atoms with Crippen LogP contribution in [0.5, 0.6) is 0 Å². The summed E-state index contributed by atoms with van der Waals surface area (Å²) in [6, 6.07) is 0. The predicted molar refractivity (Wildman–Crippen MR) is 22.6 cm³/mol. The van der Waals surface area contributed by atoms with Gasteiger partial charge in [-0.3, -0.25) is 10.1 Å². The molecule has 0 saturated carbocycles. The highest BCUT2D eigenvalue weighted by atomic mass is 35.5. The van der Waals surface area contributed by atoms with Crippen LogP contribution in [-0.2, 0) is 0 Å². The molecule has 0 rings (SSSR count). The van der Waals surface area contributed by atoms with Crippen molar-refractivity contribution in [2.75, 3.05) is 6.54 Å². The molecule has 5 heteroatoms. The van der Waals surface area contributed by atoms with E-state index in [1.807, 2.05) is 0 Å². The van der Waals surface area contributed by atoms with Crippen LogP contribution in [0.2, 0.25) is 0 Å². The quantitative estimate of drug-likeness (QED) is 0.313. The van der Waals surface area contributed by atoms with E-state index >= 15 is 0 Å². The number of nitro groups is 1. The summed E-state index contributed by atoms with van der Waals surface area (Å²) >= 11 is 4.56. The highest BCUT2D eigenvalue weighted by Gasteiger charge is 2.06. The van der Waals surface area contributed by atoms with Crippen molar-refractivity contribution in [3.05, 3.63) is 10.1 Å². The van der Waals surface area contributed by atoms with Crippen molar-refractivity contribution in [3.63, 3.8) is 0 Å². The Hall–Kier alpha value is -0.380. The summed E-state index contributed by atoms with van der Waals surface area (Å²) < 4.78 is 11.3. The van der Waals surface area contributed by atoms with Crippen LogP contribution in [0.3, 0.4) is 0 Å². The molecule has 0 heterocycles. The summed E-state index contributed by atoms with van der Waals surface area (Å²) in [5.74, 6) is 0. The van der Waals surface area contributed by atoms with Crippen molar-refractivity contribution < 1.29 is 9.31 Å².